The molecule has 3 rings (SSSR count). The number of piperazine rings is 1. The summed E-state index contributed by atoms with van der Waals surface area (Å²) in [5, 5.41) is 0.748. The van der Waals surface area contributed by atoms with E-state index in [1.165, 1.54) is 0 Å². The highest BCUT2D eigenvalue weighted by atomic mass is 35.5. The number of hydrogen-bond donors (Lipinski definition) is 0. The Morgan fingerprint density at radius 1 is 1.10 bits per heavy atom. The smallest absolute Gasteiger partial charge is 0.219 e. The Hall–Kier alpha value is -1.94. The molecule has 1 amide bonds. The first-order valence-corrected chi connectivity index (χ1v) is 7.46. The lowest BCUT2D eigenvalue weighted by Gasteiger charge is -2.36. The van der Waals surface area contributed by atoms with Crippen LogP contribution >= 0.6 is 11.6 Å². The van der Waals surface area contributed by atoms with Gasteiger partial charge in [-0.3, -0.25) is 4.79 Å². The van der Waals surface area contributed by atoms with E-state index in [0.717, 1.165) is 42.6 Å². The first-order valence-electron chi connectivity index (χ1n) is 7.08. The Kier molecular flexibility index (Phi) is 3.88. The molecule has 0 radical (unpaired) electrons. The second-order valence-corrected chi connectivity index (χ2v) is 5.63. The van der Waals surface area contributed by atoms with Gasteiger partial charge in [-0.25, -0.2) is 0 Å². The lowest BCUT2D eigenvalue weighted by atomic mass is 10.2. The molecule has 0 spiro atoms. The van der Waals surface area contributed by atoms with Gasteiger partial charge in [0.05, 0.1) is 10.7 Å². The van der Waals surface area contributed by atoms with Crippen molar-refractivity contribution < 1.29 is 4.79 Å². The van der Waals surface area contributed by atoms with Crippen LogP contribution in [0.4, 0.5) is 5.69 Å². The Morgan fingerprint density at radius 3 is 2.33 bits per heavy atom. The molecule has 1 fully saturated rings. The van der Waals surface area contributed by atoms with E-state index in [0.29, 0.717) is 0 Å². The summed E-state index contributed by atoms with van der Waals surface area (Å²) in [5.74, 6) is 0.142. The number of rotatable bonds is 2. The van der Waals surface area contributed by atoms with Gasteiger partial charge in [0, 0.05) is 51.2 Å². The number of anilines is 1. The van der Waals surface area contributed by atoms with Gasteiger partial charge in [0.15, 0.2) is 0 Å². The SMILES string of the molecule is CC(=O)N1CCN(c2ccc(-n3cccc3)cc2Cl)CC1. The van der Waals surface area contributed by atoms with Gasteiger partial charge in [0.25, 0.3) is 0 Å². The second kappa shape index (κ2) is 5.82. The zero-order chi connectivity index (χ0) is 14.8. The summed E-state index contributed by atoms with van der Waals surface area (Å²) < 4.78 is 2.03. The summed E-state index contributed by atoms with van der Waals surface area (Å²) in [7, 11) is 0. The Bertz CT molecular complexity index is 631. The molecular formula is C16H18ClN3O. The van der Waals surface area contributed by atoms with E-state index in [2.05, 4.69) is 17.0 Å². The fourth-order valence-corrected chi connectivity index (χ4v) is 2.98. The normalized spacial score (nSPS) is 15.3. The summed E-state index contributed by atoms with van der Waals surface area (Å²) in [5.41, 5.74) is 2.09. The van der Waals surface area contributed by atoms with Gasteiger partial charge in [-0.05, 0) is 30.3 Å². The minimum absolute atomic E-state index is 0.142. The van der Waals surface area contributed by atoms with E-state index in [4.69, 9.17) is 11.6 Å². The summed E-state index contributed by atoms with van der Waals surface area (Å²) in [6.45, 7) is 4.77. The number of nitrogens with zero attached hydrogens (tertiary/aromatic N) is 3. The van der Waals surface area contributed by atoms with Crippen molar-refractivity contribution in [2.75, 3.05) is 31.1 Å². The third-order valence-electron chi connectivity index (χ3n) is 3.90. The van der Waals surface area contributed by atoms with Crippen molar-refractivity contribution in [2.24, 2.45) is 0 Å². The van der Waals surface area contributed by atoms with Crippen LogP contribution < -0.4 is 4.90 Å². The summed E-state index contributed by atoms with van der Waals surface area (Å²) >= 11 is 6.44. The van der Waals surface area contributed by atoms with Crippen LogP contribution in [0.1, 0.15) is 6.92 Å². The van der Waals surface area contributed by atoms with Crippen LogP contribution in [-0.2, 0) is 4.79 Å². The van der Waals surface area contributed by atoms with Gasteiger partial charge >= 0.3 is 0 Å². The van der Waals surface area contributed by atoms with Crippen molar-refractivity contribution in [2.45, 2.75) is 6.92 Å². The number of carbonyl (C=O) groups is 1. The number of carbonyl (C=O) groups excluding carboxylic acids is 1. The summed E-state index contributed by atoms with van der Waals surface area (Å²) in [6.07, 6.45) is 3.99. The minimum atomic E-state index is 0.142. The van der Waals surface area contributed by atoms with Crippen molar-refractivity contribution in [1.82, 2.24) is 9.47 Å². The molecule has 0 unspecified atom stereocenters. The van der Waals surface area contributed by atoms with Crippen LogP contribution in [0.15, 0.2) is 42.7 Å². The average molecular weight is 304 g/mol. The van der Waals surface area contributed by atoms with Gasteiger partial charge in [0.1, 0.15) is 0 Å². The molecule has 1 aliphatic heterocycles. The average Bonchev–Trinajstić information content (AvgIpc) is 3.01. The van der Waals surface area contributed by atoms with Crippen molar-refractivity contribution in [3.05, 3.63) is 47.7 Å². The number of halogens is 1. The van der Waals surface area contributed by atoms with Crippen LogP contribution in [0.5, 0.6) is 0 Å². The van der Waals surface area contributed by atoms with E-state index in [-0.39, 0.29) is 5.91 Å². The molecule has 0 bridgehead atoms. The Balaban J connectivity index is 1.76. The van der Waals surface area contributed by atoms with E-state index in [1.807, 2.05) is 40.1 Å². The molecular weight excluding hydrogens is 286 g/mol. The molecule has 2 heterocycles. The summed E-state index contributed by atoms with van der Waals surface area (Å²) in [4.78, 5) is 15.5. The molecule has 5 heteroatoms. The standard InChI is InChI=1S/C16H18ClN3O/c1-13(21)18-8-10-20(11-9-18)16-5-4-14(12-15(16)17)19-6-2-3-7-19/h2-7,12H,8-11H2,1H3. The van der Waals surface area contributed by atoms with E-state index >= 15 is 0 Å². The quantitative estimate of drug-likeness (QED) is 0.853. The molecule has 110 valence electrons. The summed E-state index contributed by atoms with van der Waals surface area (Å²) in [6, 6.07) is 10.1. The predicted octanol–water partition coefficient (Wildman–Crippen LogP) is 2.80. The van der Waals surface area contributed by atoms with Gasteiger partial charge in [-0.15, -0.1) is 0 Å². The molecule has 0 aliphatic carbocycles. The van der Waals surface area contributed by atoms with Crippen LogP contribution in [0.2, 0.25) is 5.02 Å². The Labute approximate surface area is 129 Å². The topological polar surface area (TPSA) is 28.5 Å². The fourth-order valence-electron chi connectivity index (χ4n) is 2.68. The highest BCUT2D eigenvalue weighted by Crippen LogP contribution is 2.29. The number of hydrogen-bond acceptors (Lipinski definition) is 2. The lowest BCUT2D eigenvalue weighted by Crippen LogP contribution is -2.48. The molecule has 0 saturated carbocycles. The maximum Gasteiger partial charge on any atom is 0.219 e. The van der Waals surface area contributed by atoms with Crippen LogP contribution in [0.25, 0.3) is 5.69 Å². The molecule has 1 saturated heterocycles. The van der Waals surface area contributed by atoms with Gasteiger partial charge in [-0.1, -0.05) is 11.6 Å². The fraction of sp³-hybridized carbons (Fsp3) is 0.312. The third kappa shape index (κ3) is 2.90. The molecule has 2 aromatic rings. The molecule has 1 aromatic carbocycles. The van der Waals surface area contributed by atoms with Crippen LogP contribution in [-0.4, -0.2) is 41.6 Å². The molecule has 21 heavy (non-hydrogen) atoms. The molecule has 0 N–H and O–H groups in total. The van der Waals surface area contributed by atoms with E-state index < -0.39 is 0 Å². The van der Waals surface area contributed by atoms with Crippen molar-refractivity contribution in [3.63, 3.8) is 0 Å². The van der Waals surface area contributed by atoms with E-state index in [1.54, 1.807) is 6.92 Å². The van der Waals surface area contributed by atoms with Crippen LogP contribution in [0, 0.1) is 0 Å². The monoisotopic (exact) mass is 303 g/mol. The molecule has 1 aliphatic rings. The van der Waals surface area contributed by atoms with Crippen molar-refractivity contribution >= 4 is 23.2 Å². The number of amides is 1. The van der Waals surface area contributed by atoms with Gasteiger partial charge < -0.3 is 14.4 Å². The lowest BCUT2D eigenvalue weighted by molar-refractivity contribution is -0.129. The Morgan fingerprint density at radius 2 is 1.76 bits per heavy atom. The number of benzene rings is 1. The van der Waals surface area contributed by atoms with Crippen LogP contribution in [0.3, 0.4) is 0 Å². The number of aromatic nitrogens is 1. The first-order chi connectivity index (χ1) is 10.1. The molecule has 4 nitrogen and oxygen atoms in total. The zero-order valence-electron chi connectivity index (χ0n) is 12.0. The maximum absolute atomic E-state index is 11.4. The van der Waals surface area contributed by atoms with E-state index in [9.17, 15) is 4.79 Å². The van der Waals surface area contributed by atoms with Crippen molar-refractivity contribution in [1.29, 1.82) is 0 Å². The molecule has 1 aromatic heterocycles. The van der Waals surface area contributed by atoms with Crippen molar-refractivity contribution in [3.8, 4) is 5.69 Å². The zero-order valence-corrected chi connectivity index (χ0v) is 12.8. The van der Waals surface area contributed by atoms with Gasteiger partial charge in [-0.2, -0.15) is 0 Å². The highest BCUT2D eigenvalue weighted by molar-refractivity contribution is 6.33. The first kappa shape index (κ1) is 14.0. The third-order valence-corrected chi connectivity index (χ3v) is 4.20. The van der Waals surface area contributed by atoms with Gasteiger partial charge in [0.2, 0.25) is 5.91 Å². The molecule has 0 atom stereocenters. The second-order valence-electron chi connectivity index (χ2n) is 5.22. The highest BCUT2D eigenvalue weighted by Gasteiger charge is 2.20. The predicted molar refractivity (Wildman–Crippen MR) is 85.2 cm³/mol. The largest absolute Gasteiger partial charge is 0.367 e. The maximum atomic E-state index is 11.4. The minimum Gasteiger partial charge on any atom is -0.367 e.